The molecule has 4 N–H and O–H groups in total. The first-order chi connectivity index (χ1) is 7.31. The van der Waals surface area contributed by atoms with Gasteiger partial charge in [0.25, 0.3) is 0 Å². The van der Waals surface area contributed by atoms with E-state index < -0.39 is 0 Å². The Balaban J connectivity index is 2.35. The van der Waals surface area contributed by atoms with Gasteiger partial charge in [-0.05, 0) is 11.6 Å². The average molecular weight is 219 g/mol. The largest absolute Gasteiger partial charge is 0.329 e. The molecule has 78 valence electrons. The number of benzene rings is 1. The molecule has 1 atom stereocenters. The highest BCUT2D eigenvalue weighted by Gasteiger charge is 2.06. The molecule has 0 aliphatic carbocycles. The second-order valence-corrected chi connectivity index (χ2v) is 4.20. The lowest BCUT2D eigenvalue weighted by Crippen LogP contribution is -2.20. The summed E-state index contributed by atoms with van der Waals surface area (Å²) in [4.78, 5) is 4.26. The van der Waals surface area contributed by atoms with E-state index in [0.717, 1.165) is 16.1 Å². The van der Waals surface area contributed by atoms with Gasteiger partial charge in [0.2, 0.25) is 0 Å². The van der Waals surface area contributed by atoms with Gasteiger partial charge in [-0.1, -0.05) is 18.2 Å². The third-order valence-electron chi connectivity index (χ3n) is 2.25. The summed E-state index contributed by atoms with van der Waals surface area (Å²) >= 11 is 1.62. The Morgan fingerprint density at radius 2 is 2.27 bits per heavy atom. The standard InChI is InChI=1S/C11H13N3S/c12-7-10(13)8-2-1-3-9(6-8)11-14-4-5-15-11/h1-6,10H,7,12-13H2. The first kappa shape index (κ1) is 10.3. The number of hydrogen-bond donors (Lipinski definition) is 2. The van der Waals surface area contributed by atoms with Crippen LogP contribution in [0.5, 0.6) is 0 Å². The third kappa shape index (κ3) is 2.23. The van der Waals surface area contributed by atoms with Crippen LogP contribution in [-0.2, 0) is 0 Å². The summed E-state index contributed by atoms with van der Waals surface area (Å²) in [5, 5.41) is 2.98. The summed E-state index contributed by atoms with van der Waals surface area (Å²) in [7, 11) is 0. The van der Waals surface area contributed by atoms with Gasteiger partial charge < -0.3 is 11.5 Å². The van der Waals surface area contributed by atoms with E-state index in [0.29, 0.717) is 6.54 Å². The van der Waals surface area contributed by atoms with Crippen LogP contribution in [0.3, 0.4) is 0 Å². The Kier molecular flexibility index (Phi) is 3.11. The second kappa shape index (κ2) is 4.53. The van der Waals surface area contributed by atoms with Gasteiger partial charge in [-0.2, -0.15) is 0 Å². The van der Waals surface area contributed by atoms with Crippen LogP contribution in [0.1, 0.15) is 11.6 Å². The Labute approximate surface area is 92.8 Å². The van der Waals surface area contributed by atoms with E-state index in [1.807, 2.05) is 23.6 Å². The van der Waals surface area contributed by atoms with Crippen LogP contribution in [0.25, 0.3) is 10.6 Å². The van der Waals surface area contributed by atoms with Crippen LogP contribution in [0.2, 0.25) is 0 Å². The van der Waals surface area contributed by atoms with E-state index in [4.69, 9.17) is 11.5 Å². The Hall–Kier alpha value is -1.23. The van der Waals surface area contributed by atoms with Crippen molar-refractivity contribution in [3.8, 4) is 10.6 Å². The van der Waals surface area contributed by atoms with Crippen molar-refractivity contribution < 1.29 is 0 Å². The molecule has 0 saturated heterocycles. The van der Waals surface area contributed by atoms with Crippen LogP contribution >= 0.6 is 11.3 Å². The number of nitrogens with two attached hydrogens (primary N) is 2. The molecule has 3 nitrogen and oxygen atoms in total. The minimum absolute atomic E-state index is 0.0927. The predicted molar refractivity (Wildman–Crippen MR) is 63.5 cm³/mol. The van der Waals surface area contributed by atoms with E-state index in [1.54, 1.807) is 17.5 Å². The van der Waals surface area contributed by atoms with Crippen molar-refractivity contribution >= 4 is 11.3 Å². The number of aromatic nitrogens is 1. The lowest BCUT2D eigenvalue weighted by Gasteiger charge is -2.09. The highest BCUT2D eigenvalue weighted by atomic mass is 32.1. The minimum Gasteiger partial charge on any atom is -0.329 e. The van der Waals surface area contributed by atoms with Crippen molar-refractivity contribution in [2.24, 2.45) is 11.5 Å². The molecule has 4 heteroatoms. The molecule has 2 aromatic rings. The van der Waals surface area contributed by atoms with Crippen LogP contribution in [-0.4, -0.2) is 11.5 Å². The summed E-state index contributed by atoms with van der Waals surface area (Å²) in [6, 6.07) is 7.97. The van der Waals surface area contributed by atoms with Crippen LogP contribution in [0, 0.1) is 0 Å². The fourth-order valence-corrected chi connectivity index (χ4v) is 2.04. The number of rotatable bonds is 3. The number of thiazole rings is 1. The average Bonchev–Trinajstić information content (AvgIpc) is 2.82. The van der Waals surface area contributed by atoms with E-state index in [-0.39, 0.29) is 6.04 Å². The molecule has 0 radical (unpaired) electrons. The van der Waals surface area contributed by atoms with Crippen molar-refractivity contribution in [1.82, 2.24) is 4.98 Å². The van der Waals surface area contributed by atoms with Crippen molar-refractivity contribution in [3.05, 3.63) is 41.4 Å². The maximum absolute atomic E-state index is 5.87. The molecule has 0 aliphatic rings. The van der Waals surface area contributed by atoms with Gasteiger partial charge in [-0.3, -0.25) is 0 Å². The zero-order valence-corrected chi connectivity index (χ0v) is 9.08. The van der Waals surface area contributed by atoms with Gasteiger partial charge in [0, 0.05) is 29.7 Å². The summed E-state index contributed by atoms with van der Waals surface area (Å²) < 4.78 is 0. The highest BCUT2D eigenvalue weighted by Crippen LogP contribution is 2.23. The normalized spacial score (nSPS) is 12.7. The fourth-order valence-electron chi connectivity index (χ4n) is 1.40. The van der Waals surface area contributed by atoms with E-state index >= 15 is 0 Å². The molecular formula is C11H13N3S. The van der Waals surface area contributed by atoms with Crippen LogP contribution in [0.4, 0.5) is 0 Å². The molecule has 0 spiro atoms. The van der Waals surface area contributed by atoms with Crippen molar-refractivity contribution in [2.45, 2.75) is 6.04 Å². The Morgan fingerprint density at radius 3 is 2.93 bits per heavy atom. The summed E-state index contributed by atoms with van der Waals surface area (Å²) in [5.74, 6) is 0. The van der Waals surface area contributed by atoms with Gasteiger partial charge in [0.15, 0.2) is 0 Å². The zero-order chi connectivity index (χ0) is 10.7. The topological polar surface area (TPSA) is 64.9 Å². The van der Waals surface area contributed by atoms with Gasteiger partial charge in [0.05, 0.1) is 0 Å². The maximum atomic E-state index is 5.87. The first-order valence-corrected chi connectivity index (χ1v) is 5.64. The van der Waals surface area contributed by atoms with Crippen molar-refractivity contribution in [2.75, 3.05) is 6.54 Å². The monoisotopic (exact) mass is 219 g/mol. The van der Waals surface area contributed by atoms with Crippen molar-refractivity contribution in [3.63, 3.8) is 0 Å². The number of hydrogen-bond acceptors (Lipinski definition) is 4. The predicted octanol–water partition coefficient (Wildman–Crippen LogP) is 1.77. The zero-order valence-electron chi connectivity index (χ0n) is 8.26. The molecule has 2 rings (SSSR count). The van der Waals surface area contributed by atoms with Gasteiger partial charge in [-0.25, -0.2) is 4.98 Å². The molecule has 0 aliphatic heterocycles. The molecule has 0 amide bonds. The summed E-state index contributed by atoms with van der Waals surface area (Å²) in [5.41, 5.74) is 13.6. The van der Waals surface area contributed by atoms with Gasteiger partial charge >= 0.3 is 0 Å². The van der Waals surface area contributed by atoms with Crippen LogP contribution in [0.15, 0.2) is 35.8 Å². The Morgan fingerprint density at radius 1 is 1.40 bits per heavy atom. The fraction of sp³-hybridized carbons (Fsp3) is 0.182. The second-order valence-electron chi connectivity index (χ2n) is 3.30. The molecule has 0 saturated carbocycles. The molecule has 1 aromatic carbocycles. The molecule has 0 bridgehead atoms. The first-order valence-electron chi connectivity index (χ1n) is 4.76. The maximum Gasteiger partial charge on any atom is 0.123 e. The Bertz CT molecular complexity index is 425. The quantitative estimate of drug-likeness (QED) is 0.826. The summed E-state index contributed by atoms with van der Waals surface area (Å²) in [6.45, 7) is 0.460. The van der Waals surface area contributed by atoms with E-state index in [9.17, 15) is 0 Å². The summed E-state index contributed by atoms with van der Waals surface area (Å²) in [6.07, 6.45) is 1.80. The molecule has 1 heterocycles. The SMILES string of the molecule is NCC(N)c1cccc(-c2nccs2)c1. The van der Waals surface area contributed by atoms with Gasteiger partial charge in [0.1, 0.15) is 5.01 Å². The molecule has 1 unspecified atom stereocenters. The molecule has 15 heavy (non-hydrogen) atoms. The third-order valence-corrected chi connectivity index (χ3v) is 3.07. The highest BCUT2D eigenvalue weighted by molar-refractivity contribution is 7.13. The van der Waals surface area contributed by atoms with E-state index in [1.165, 1.54) is 0 Å². The molecule has 1 aromatic heterocycles. The number of nitrogens with zero attached hydrogens (tertiary/aromatic N) is 1. The smallest absolute Gasteiger partial charge is 0.123 e. The lowest BCUT2D eigenvalue weighted by atomic mass is 10.1. The van der Waals surface area contributed by atoms with E-state index in [2.05, 4.69) is 11.1 Å². The van der Waals surface area contributed by atoms with Gasteiger partial charge in [-0.15, -0.1) is 11.3 Å². The molecule has 0 fully saturated rings. The lowest BCUT2D eigenvalue weighted by molar-refractivity contribution is 0.737. The molecular weight excluding hydrogens is 206 g/mol. The van der Waals surface area contributed by atoms with Crippen LogP contribution < -0.4 is 11.5 Å². The van der Waals surface area contributed by atoms with Crippen molar-refractivity contribution in [1.29, 1.82) is 0 Å². The minimum atomic E-state index is -0.0927.